The second kappa shape index (κ2) is 7.45. The minimum Gasteiger partial charge on any atom is -0.306 e. The minimum atomic E-state index is 0.582. The Hall–Kier alpha value is -1.39. The second-order valence-corrected chi connectivity index (χ2v) is 7.27. The Kier molecular flexibility index (Phi) is 5.34. The number of benzene rings is 2. The summed E-state index contributed by atoms with van der Waals surface area (Å²) in [6.45, 7) is 3.57. The predicted molar refractivity (Wildman–Crippen MR) is 99.3 cm³/mol. The normalized spacial score (nSPS) is 10.9. The van der Waals surface area contributed by atoms with E-state index in [1.807, 2.05) is 24.4 Å². The summed E-state index contributed by atoms with van der Waals surface area (Å²) in [7, 11) is 0. The van der Waals surface area contributed by atoms with Gasteiger partial charge in [0, 0.05) is 19.3 Å². The molecular formula is C18H16Cl2N2S. The Bertz CT molecular complexity index is 814. The first-order chi connectivity index (χ1) is 11.1. The number of rotatable bonds is 5. The number of nitrogens with one attached hydrogen (secondary N) is 1. The van der Waals surface area contributed by atoms with Crippen LogP contribution in [-0.4, -0.2) is 4.98 Å². The van der Waals surface area contributed by atoms with Crippen molar-refractivity contribution in [2.45, 2.75) is 20.0 Å². The zero-order valence-electron chi connectivity index (χ0n) is 12.6. The topological polar surface area (TPSA) is 24.9 Å². The first-order valence-electron chi connectivity index (χ1n) is 7.28. The van der Waals surface area contributed by atoms with Crippen LogP contribution in [0.25, 0.3) is 10.4 Å². The molecule has 0 bridgehead atoms. The molecule has 1 N–H and O–H groups in total. The van der Waals surface area contributed by atoms with Gasteiger partial charge in [-0.25, -0.2) is 4.98 Å². The van der Waals surface area contributed by atoms with Gasteiger partial charge in [-0.15, -0.1) is 11.3 Å². The van der Waals surface area contributed by atoms with E-state index in [1.165, 1.54) is 16.0 Å². The molecule has 3 aromatic rings. The van der Waals surface area contributed by atoms with E-state index in [0.29, 0.717) is 10.0 Å². The molecule has 0 unspecified atom stereocenters. The third-order valence-electron chi connectivity index (χ3n) is 3.45. The summed E-state index contributed by atoms with van der Waals surface area (Å²) in [6.07, 6.45) is 1.94. The van der Waals surface area contributed by atoms with E-state index < -0.39 is 0 Å². The van der Waals surface area contributed by atoms with Crippen molar-refractivity contribution in [2.75, 3.05) is 0 Å². The molecule has 5 heteroatoms. The number of hydrogen-bond donors (Lipinski definition) is 1. The fourth-order valence-electron chi connectivity index (χ4n) is 2.29. The monoisotopic (exact) mass is 362 g/mol. The third-order valence-corrected chi connectivity index (χ3v) is 5.23. The van der Waals surface area contributed by atoms with E-state index in [1.54, 1.807) is 11.3 Å². The van der Waals surface area contributed by atoms with E-state index >= 15 is 0 Å². The van der Waals surface area contributed by atoms with Crippen molar-refractivity contribution < 1.29 is 0 Å². The third kappa shape index (κ3) is 4.33. The fourth-order valence-corrected chi connectivity index (χ4v) is 3.49. The molecule has 0 atom stereocenters. The molecule has 0 amide bonds. The van der Waals surface area contributed by atoms with Gasteiger partial charge in [0.25, 0.3) is 0 Å². The molecule has 0 saturated carbocycles. The highest BCUT2D eigenvalue weighted by Crippen LogP contribution is 2.27. The maximum Gasteiger partial charge on any atom is 0.107 e. The summed E-state index contributed by atoms with van der Waals surface area (Å²) in [5.74, 6) is 0. The molecule has 2 nitrogen and oxygen atoms in total. The molecule has 0 fully saturated rings. The van der Waals surface area contributed by atoms with Gasteiger partial charge in [0.15, 0.2) is 0 Å². The number of halogens is 2. The molecular weight excluding hydrogens is 347 g/mol. The molecule has 0 aliphatic rings. The van der Waals surface area contributed by atoms with E-state index in [-0.39, 0.29) is 0 Å². The van der Waals surface area contributed by atoms with E-state index in [9.17, 15) is 0 Å². The summed E-state index contributed by atoms with van der Waals surface area (Å²) in [6, 6.07) is 14.2. The van der Waals surface area contributed by atoms with Crippen molar-refractivity contribution in [1.29, 1.82) is 0 Å². The Morgan fingerprint density at radius 1 is 1.04 bits per heavy atom. The van der Waals surface area contributed by atoms with Crippen LogP contribution in [0, 0.1) is 6.92 Å². The van der Waals surface area contributed by atoms with Gasteiger partial charge in [0.1, 0.15) is 5.01 Å². The van der Waals surface area contributed by atoms with Crippen molar-refractivity contribution in [3.05, 3.63) is 74.8 Å². The molecule has 0 saturated heterocycles. The fraction of sp³-hybridized carbons (Fsp3) is 0.167. The second-order valence-electron chi connectivity index (χ2n) is 5.34. The maximum absolute atomic E-state index is 6.02. The highest BCUT2D eigenvalue weighted by molar-refractivity contribution is 7.15. The summed E-state index contributed by atoms with van der Waals surface area (Å²) >= 11 is 13.7. The Morgan fingerprint density at radius 2 is 1.91 bits per heavy atom. The van der Waals surface area contributed by atoms with Crippen LogP contribution in [0.5, 0.6) is 0 Å². The number of hydrogen-bond acceptors (Lipinski definition) is 3. The average molecular weight is 363 g/mol. The van der Waals surface area contributed by atoms with Crippen molar-refractivity contribution >= 4 is 34.5 Å². The maximum atomic E-state index is 6.02. The van der Waals surface area contributed by atoms with Crippen molar-refractivity contribution in [3.8, 4) is 10.4 Å². The summed E-state index contributed by atoms with van der Waals surface area (Å²) < 4.78 is 0. The minimum absolute atomic E-state index is 0.582. The van der Waals surface area contributed by atoms with Gasteiger partial charge >= 0.3 is 0 Å². The van der Waals surface area contributed by atoms with Gasteiger partial charge in [-0.3, -0.25) is 0 Å². The first-order valence-corrected chi connectivity index (χ1v) is 8.85. The molecule has 1 heterocycles. The van der Waals surface area contributed by atoms with Crippen LogP contribution in [0.1, 0.15) is 16.1 Å². The van der Waals surface area contributed by atoms with Gasteiger partial charge in [-0.2, -0.15) is 0 Å². The van der Waals surface area contributed by atoms with Crippen LogP contribution in [-0.2, 0) is 13.1 Å². The quantitative estimate of drug-likeness (QED) is 0.628. The zero-order valence-corrected chi connectivity index (χ0v) is 15.0. The molecule has 118 valence electrons. The molecule has 2 aromatic carbocycles. The molecule has 0 radical (unpaired) electrons. The van der Waals surface area contributed by atoms with Crippen LogP contribution in [0.15, 0.2) is 48.7 Å². The van der Waals surface area contributed by atoms with Crippen LogP contribution < -0.4 is 5.32 Å². The van der Waals surface area contributed by atoms with Crippen molar-refractivity contribution in [3.63, 3.8) is 0 Å². The molecule has 1 aromatic heterocycles. The lowest BCUT2D eigenvalue weighted by Crippen LogP contribution is -2.12. The lowest BCUT2D eigenvalue weighted by atomic mass is 10.1. The van der Waals surface area contributed by atoms with Crippen molar-refractivity contribution in [1.82, 2.24) is 10.3 Å². The van der Waals surface area contributed by atoms with Gasteiger partial charge in [-0.1, -0.05) is 59.1 Å². The number of aromatic nitrogens is 1. The smallest absolute Gasteiger partial charge is 0.107 e. The largest absolute Gasteiger partial charge is 0.306 e. The molecule has 0 aliphatic heterocycles. The van der Waals surface area contributed by atoms with Crippen molar-refractivity contribution in [2.24, 2.45) is 0 Å². The van der Waals surface area contributed by atoms with Gasteiger partial charge in [-0.05, 0) is 30.2 Å². The number of thiazole rings is 1. The molecule has 0 spiro atoms. The van der Waals surface area contributed by atoms with Crippen LogP contribution in [0.4, 0.5) is 0 Å². The van der Waals surface area contributed by atoms with Crippen LogP contribution >= 0.6 is 34.5 Å². The van der Waals surface area contributed by atoms with E-state index in [0.717, 1.165) is 23.7 Å². The Balaban J connectivity index is 1.60. The standard InChI is InChI=1S/C18H16Cl2N2S/c1-12-3-2-4-14(7-12)17-10-22-18(23-17)11-21-9-13-5-6-15(19)16(20)8-13/h2-8,10,21H,9,11H2,1H3. The number of aryl methyl sites for hydroxylation is 1. The predicted octanol–water partition coefficient (Wildman–Crippen LogP) is 5.72. The lowest BCUT2D eigenvalue weighted by Gasteiger charge is -2.04. The molecule has 3 rings (SSSR count). The summed E-state index contributed by atoms with van der Waals surface area (Å²) in [5, 5.41) is 5.62. The highest BCUT2D eigenvalue weighted by Gasteiger charge is 2.05. The number of nitrogens with zero attached hydrogens (tertiary/aromatic N) is 1. The summed E-state index contributed by atoms with van der Waals surface area (Å²) in [5.41, 5.74) is 3.59. The Labute approximate surface area is 150 Å². The SMILES string of the molecule is Cc1cccc(-c2cnc(CNCc3ccc(Cl)c(Cl)c3)s2)c1. The molecule has 0 aliphatic carbocycles. The van der Waals surface area contributed by atoms with E-state index in [2.05, 4.69) is 41.5 Å². The highest BCUT2D eigenvalue weighted by atomic mass is 35.5. The van der Waals surface area contributed by atoms with Gasteiger partial charge in [0.05, 0.1) is 14.9 Å². The van der Waals surface area contributed by atoms with E-state index in [4.69, 9.17) is 23.2 Å². The van der Waals surface area contributed by atoms with Gasteiger partial charge in [0.2, 0.25) is 0 Å². The van der Waals surface area contributed by atoms with Gasteiger partial charge < -0.3 is 5.32 Å². The Morgan fingerprint density at radius 3 is 2.70 bits per heavy atom. The molecule has 23 heavy (non-hydrogen) atoms. The average Bonchev–Trinajstić information content (AvgIpc) is 3.00. The zero-order chi connectivity index (χ0) is 16.2. The lowest BCUT2D eigenvalue weighted by molar-refractivity contribution is 0.690. The first kappa shape index (κ1) is 16.5. The van der Waals surface area contributed by atoms with Crippen LogP contribution in [0.2, 0.25) is 10.0 Å². The summed E-state index contributed by atoms with van der Waals surface area (Å²) in [4.78, 5) is 5.69. The van der Waals surface area contributed by atoms with Crippen LogP contribution in [0.3, 0.4) is 0 Å².